The molecule has 0 saturated heterocycles. The number of hydrogen-bond donors (Lipinski definition) is 1. The first-order valence-electron chi connectivity index (χ1n) is 5.73. The lowest BCUT2D eigenvalue weighted by Crippen LogP contribution is -1.91. The Bertz CT molecular complexity index is 225. The van der Waals surface area contributed by atoms with Crippen molar-refractivity contribution in [2.75, 3.05) is 11.5 Å². The van der Waals surface area contributed by atoms with Crippen molar-refractivity contribution >= 4 is 11.8 Å². The molecule has 0 amide bonds. The van der Waals surface area contributed by atoms with Crippen LogP contribution in [-0.2, 0) is 6.42 Å². The Balaban J connectivity index is 1.81. The van der Waals surface area contributed by atoms with Crippen LogP contribution < -0.4 is 0 Å². The number of rotatable bonds is 9. The smallest absolute Gasteiger partial charge is 0.174 e. The Kier molecular flexibility index (Phi) is 7.25. The van der Waals surface area contributed by atoms with Gasteiger partial charge in [-0.3, -0.25) is 0 Å². The van der Waals surface area contributed by atoms with Crippen molar-refractivity contribution in [3.8, 4) is 0 Å². The summed E-state index contributed by atoms with van der Waals surface area (Å²) in [6.45, 7) is 2.25. The van der Waals surface area contributed by atoms with Gasteiger partial charge in [0.05, 0.1) is 0 Å². The molecule has 1 aromatic heterocycles. The summed E-state index contributed by atoms with van der Waals surface area (Å²) in [5, 5.41) is 13.8. The third kappa shape index (κ3) is 6.49. The summed E-state index contributed by atoms with van der Waals surface area (Å²) < 4.78 is 0. The van der Waals surface area contributed by atoms with Gasteiger partial charge in [-0.05, 0) is 24.3 Å². The molecular formula is C10H20N4S. The van der Waals surface area contributed by atoms with Crippen molar-refractivity contribution in [3.05, 3.63) is 5.82 Å². The normalized spacial score (nSPS) is 10.7. The number of nitrogens with zero attached hydrogens (tertiary/aromatic N) is 3. The van der Waals surface area contributed by atoms with E-state index >= 15 is 0 Å². The predicted molar refractivity (Wildman–Crippen MR) is 64.0 cm³/mol. The van der Waals surface area contributed by atoms with E-state index in [1.165, 1.54) is 37.2 Å². The van der Waals surface area contributed by atoms with E-state index in [9.17, 15) is 0 Å². The first kappa shape index (κ1) is 12.5. The molecule has 1 aromatic rings. The van der Waals surface area contributed by atoms with Crippen LogP contribution in [0.25, 0.3) is 0 Å². The third-order valence-corrected chi connectivity index (χ3v) is 3.38. The highest BCUT2D eigenvalue weighted by Crippen LogP contribution is 2.09. The summed E-state index contributed by atoms with van der Waals surface area (Å²) in [6.07, 6.45) is 7.54. The molecule has 1 heterocycles. The molecule has 0 unspecified atom stereocenters. The van der Waals surface area contributed by atoms with E-state index in [1.54, 1.807) is 0 Å². The van der Waals surface area contributed by atoms with Crippen molar-refractivity contribution in [2.24, 2.45) is 0 Å². The summed E-state index contributed by atoms with van der Waals surface area (Å²) in [6, 6.07) is 0. The molecule has 4 nitrogen and oxygen atoms in total. The highest BCUT2D eigenvalue weighted by Gasteiger charge is 1.97. The lowest BCUT2D eigenvalue weighted by Gasteiger charge is -1.99. The van der Waals surface area contributed by atoms with Crippen LogP contribution >= 0.6 is 11.8 Å². The van der Waals surface area contributed by atoms with Crippen LogP contribution in [-0.4, -0.2) is 32.1 Å². The highest BCUT2D eigenvalue weighted by atomic mass is 32.2. The number of unbranched alkanes of at least 4 members (excludes halogenated alkanes) is 3. The SMILES string of the molecule is CCCCCCSCCCc1nn[nH]n1. The molecule has 1 N–H and O–H groups in total. The second kappa shape index (κ2) is 8.71. The second-order valence-corrected chi connectivity index (χ2v) is 4.83. The lowest BCUT2D eigenvalue weighted by molar-refractivity contribution is 0.706. The molecule has 15 heavy (non-hydrogen) atoms. The van der Waals surface area contributed by atoms with E-state index in [0.717, 1.165) is 18.7 Å². The zero-order valence-corrected chi connectivity index (χ0v) is 10.2. The molecule has 86 valence electrons. The quantitative estimate of drug-likeness (QED) is 0.660. The molecule has 0 aliphatic carbocycles. The van der Waals surface area contributed by atoms with E-state index in [-0.39, 0.29) is 0 Å². The Hall–Kier alpha value is -0.580. The maximum atomic E-state index is 3.92. The Morgan fingerprint density at radius 3 is 2.73 bits per heavy atom. The molecule has 0 bridgehead atoms. The molecule has 0 spiro atoms. The fourth-order valence-electron chi connectivity index (χ4n) is 1.35. The Morgan fingerprint density at radius 2 is 2.00 bits per heavy atom. The lowest BCUT2D eigenvalue weighted by atomic mass is 10.2. The molecule has 0 fully saturated rings. The molecule has 1 rings (SSSR count). The van der Waals surface area contributed by atoms with Crippen molar-refractivity contribution in [1.82, 2.24) is 20.6 Å². The van der Waals surface area contributed by atoms with Crippen LogP contribution in [0.5, 0.6) is 0 Å². The van der Waals surface area contributed by atoms with E-state index < -0.39 is 0 Å². The van der Waals surface area contributed by atoms with Gasteiger partial charge in [0.25, 0.3) is 0 Å². The van der Waals surface area contributed by atoms with Crippen molar-refractivity contribution in [3.63, 3.8) is 0 Å². The topological polar surface area (TPSA) is 54.5 Å². The summed E-state index contributed by atoms with van der Waals surface area (Å²) >= 11 is 2.04. The zero-order chi connectivity index (χ0) is 10.8. The van der Waals surface area contributed by atoms with Gasteiger partial charge in [0, 0.05) is 6.42 Å². The average Bonchev–Trinajstić information content (AvgIpc) is 2.75. The van der Waals surface area contributed by atoms with Gasteiger partial charge in [0.1, 0.15) is 0 Å². The molecule has 0 saturated carbocycles. The van der Waals surface area contributed by atoms with Crippen LogP contribution in [0.1, 0.15) is 44.9 Å². The number of nitrogens with one attached hydrogen (secondary N) is 1. The number of aromatic amines is 1. The standard InChI is InChI=1S/C10H20N4S/c1-2-3-4-5-8-15-9-6-7-10-11-13-14-12-10/h2-9H2,1H3,(H,11,12,13,14). The molecule has 0 aliphatic heterocycles. The van der Waals surface area contributed by atoms with Crippen LogP contribution in [0.15, 0.2) is 0 Å². The molecule has 0 aliphatic rings. The van der Waals surface area contributed by atoms with E-state index in [2.05, 4.69) is 27.5 Å². The first-order chi connectivity index (χ1) is 7.43. The maximum Gasteiger partial charge on any atom is 0.174 e. The summed E-state index contributed by atoms with van der Waals surface area (Å²) in [5.41, 5.74) is 0. The number of thioether (sulfide) groups is 1. The number of aromatic nitrogens is 4. The minimum Gasteiger partial charge on any atom is -0.177 e. The largest absolute Gasteiger partial charge is 0.177 e. The number of hydrogen-bond acceptors (Lipinski definition) is 4. The minimum atomic E-state index is 0.835. The fourth-order valence-corrected chi connectivity index (χ4v) is 2.31. The predicted octanol–water partition coefficient (Wildman–Crippen LogP) is 2.45. The molecule has 0 atom stereocenters. The number of H-pyrrole nitrogens is 1. The van der Waals surface area contributed by atoms with Gasteiger partial charge in [-0.2, -0.15) is 17.0 Å². The fraction of sp³-hybridized carbons (Fsp3) is 0.900. The molecule has 5 heteroatoms. The monoisotopic (exact) mass is 228 g/mol. The van der Waals surface area contributed by atoms with Gasteiger partial charge in [-0.1, -0.05) is 31.4 Å². The van der Waals surface area contributed by atoms with Crippen LogP contribution in [0, 0.1) is 0 Å². The third-order valence-electron chi connectivity index (χ3n) is 2.22. The minimum absolute atomic E-state index is 0.835. The molecular weight excluding hydrogens is 208 g/mol. The Labute approximate surface area is 95.6 Å². The highest BCUT2D eigenvalue weighted by molar-refractivity contribution is 7.99. The van der Waals surface area contributed by atoms with Gasteiger partial charge >= 0.3 is 0 Å². The maximum absolute atomic E-state index is 3.92. The summed E-state index contributed by atoms with van der Waals surface area (Å²) in [5.74, 6) is 3.34. The van der Waals surface area contributed by atoms with Crippen LogP contribution in [0.4, 0.5) is 0 Å². The van der Waals surface area contributed by atoms with Gasteiger partial charge in [-0.15, -0.1) is 10.2 Å². The summed E-state index contributed by atoms with van der Waals surface area (Å²) in [4.78, 5) is 0. The van der Waals surface area contributed by atoms with Crippen molar-refractivity contribution in [2.45, 2.75) is 45.4 Å². The average molecular weight is 228 g/mol. The van der Waals surface area contributed by atoms with Gasteiger partial charge < -0.3 is 0 Å². The van der Waals surface area contributed by atoms with E-state index in [4.69, 9.17) is 0 Å². The van der Waals surface area contributed by atoms with Crippen molar-refractivity contribution in [1.29, 1.82) is 0 Å². The number of tetrazole rings is 1. The molecule has 0 radical (unpaired) electrons. The van der Waals surface area contributed by atoms with Gasteiger partial charge in [-0.25, -0.2) is 0 Å². The van der Waals surface area contributed by atoms with Gasteiger partial charge in [0.2, 0.25) is 0 Å². The van der Waals surface area contributed by atoms with Crippen molar-refractivity contribution < 1.29 is 0 Å². The Morgan fingerprint density at radius 1 is 1.13 bits per heavy atom. The van der Waals surface area contributed by atoms with Crippen LogP contribution in [0.2, 0.25) is 0 Å². The molecule has 0 aromatic carbocycles. The second-order valence-electron chi connectivity index (χ2n) is 3.60. The van der Waals surface area contributed by atoms with Crippen LogP contribution in [0.3, 0.4) is 0 Å². The summed E-state index contributed by atoms with van der Waals surface area (Å²) in [7, 11) is 0. The zero-order valence-electron chi connectivity index (χ0n) is 9.41. The number of aryl methyl sites for hydroxylation is 1. The first-order valence-corrected chi connectivity index (χ1v) is 6.89. The van der Waals surface area contributed by atoms with E-state index in [0.29, 0.717) is 0 Å². The van der Waals surface area contributed by atoms with E-state index in [1.807, 2.05) is 11.8 Å². The van der Waals surface area contributed by atoms with Gasteiger partial charge in [0.15, 0.2) is 5.82 Å².